The van der Waals surface area contributed by atoms with Crippen molar-refractivity contribution in [2.24, 2.45) is 5.73 Å². The summed E-state index contributed by atoms with van der Waals surface area (Å²) in [6.07, 6.45) is 2.18. The molecule has 0 heterocycles. The van der Waals surface area contributed by atoms with Crippen molar-refractivity contribution < 1.29 is 0 Å². The minimum atomic E-state index is 0.464. The van der Waals surface area contributed by atoms with Crippen LogP contribution in [0.1, 0.15) is 24.4 Å². The summed E-state index contributed by atoms with van der Waals surface area (Å²) < 4.78 is 1.14. The third-order valence-corrected chi connectivity index (χ3v) is 3.03. The lowest BCUT2D eigenvalue weighted by atomic mass is 10.0. The fourth-order valence-electron chi connectivity index (χ4n) is 1.75. The Morgan fingerprint density at radius 2 is 2.13 bits per heavy atom. The molecular formula is C12H19BrN2. The van der Waals surface area contributed by atoms with E-state index in [-0.39, 0.29) is 0 Å². The fourth-order valence-corrected chi connectivity index (χ4v) is 2.17. The Hall–Kier alpha value is -0.380. The Morgan fingerprint density at radius 3 is 2.67 bits per heavy atom. The molecule has 0 aromatic heterocycles. The zero-order valence-electron chi connectivity index (χ0n) is 9.41. The second-order valence-electron chi connectivity index (χ2n) is 3.97. The lowest BCUT2D eigenvalue weighted by Gasteiger charge is -2.24. The van der Waals surface area contributed by atoms with Crippen LogP contribution >= 0.6 is 15.9 Å². The van der Waals surface area contributed by atoms with E-state index in [1.165, 1.54) is 5.56 Å². The van der Waals surface area contributed by atoms with Crippen LogP contribution in [0.5, 0.6) is 0 Å². The average molecular weight is 271 g/mol. The average Bonchev–Trinajstić information content (AvgIpc) is 2.18. The quantitative estimate of drug-likeness (QED) is 0.892. The van der Waals surface area contributed by atoms with Crippen LogP contribution in [0.15, 0.2) is 28.7 Å². The molecule has 1 unspecified atom stereocenters. The summed E-state index contributed by atoms with van der Waals surface area (Å²) in [6, 6.07) is 8.95. The molecule has 0 radical (unpaired) electrons. The Bertz CT molecular complexity index is 299. The molecule has 15 heavy (non-hydrogen) atoms. The zero-order chi connectivity index (χ0) is 11.3. The Morgan fingerprint density at radius 1 is 1.40 bits per heavy atom. The molecule has 0 aliphatic carbocycles. The van der Waals surface area contributed by atoms with Gasteiger partial charge in [-0.2, -0.15) is 0 Å². The van der Waals surface area contributed by atoms with Crippen LogP contribution in [0.3, 0.4) is 0 Å². The van der Waals surface area contributed by atoms with E-state index < -0.39 is 0 Å². The highest BCUT2D eigenvalue weighted by molar-refractivity contribution is 9.10. The van der Waals surface area contributed by atoms with Gasteiger partial charge in [0.2, 0.25) is 0 Å². The largest absolute Gasteiger partial charge is 0.330 e. The molecule has 1 rings (SSSR count). The number of nitrogens with two attached hydrogens (primary N) is 1. The normalized spacial score (nSPS) is 13.1. The minimum absolute atomic E-state index is 0.464. The molecule has 0 amide bonds. The number of hydrogen-bond donors (Lipinski definition) is 1. The monoisotopic (exact) mass is 270 g/mol. The van der Waals surface area contributed by atoms with Gasteiger partial charge in [-0.05, 0) is 51.2 Å². The summed E-state index contributed by atoms with van der Waals surface area (Å²) in [5.41, 5.74) is 6.91. The lowest BCUT2D eigenvalue weighted by Crippen LogP contribution is -2.20. The molecule has 0 saturated carbocycles. The molecule has 0 aliphatic rings. The van der Waals surface area contributed by atoms with Gasteiger partial charge < -0.3 is 10.6 Å². The molecule has 3 heteroatoms. The second-order valence-corrected chi connectivity index (χ2v) is 4.88. The van der Waals surface area contributed by atoms with Gasteiger partial charge in [0, 0.05) is 10.5 Å². The highest BCUT2D eigenvalue weighted by atomic mass is 79.9. The number of rotatable bonds is 5. The van der Waals surface area contributed by atoms with Crippen LogP contribution in [-0.4, -0.2) is 25.5 Å². The van der Waals surface area contributed by atoms with Crippen LogP contribution in [0.2, 0.25) is 0 Å². The van der Waals surface area contributed by atoms with E-state index in [1.807, 2.05) is 0 Å². The van der Waals surface area contributed by atoms with Crippen LogP contribution in [-0.2, 0) is 0 Å². The second kappa shape index (κ2) is 6.26. The van der Waals surface area contributed by atoms with Gasteiger partial charge in [0.05, 0.1) is 0 Å². The molecule has 84 valence electrons. The van der Waals surface area contributed by atoms with Gasteiger partial charge in [0.15, 0.2) is 0 Å². The number of hydrogen-bond acceptors (Lipinski definition) is 2. The standard InChI is InChI=1S/C12H19BrN2/c1-15(2)12(7-4-8-14)10-5-3-6-11(13)9-10/h3,5-6,9,12H,4,7-8,14H2,1-2H3. The van der Waals surface area contributed by atoms with Crippen molar-refractivity contribution in [3.8, 4) is 0 Å². The molecule has 0 spiro atoms. The first kappa shape index (κ1) is 12.7. The van der Waals surface area contributed by atoms with E-state index >= 15 is 0 Å². The van der Waals surface area contributed by atoms with Crippen LogP contribution in [0.25, 0.3) is 0 Å². The van der Waals surface area contributed by atoms with Crippen molar-refractivity contribution in [1.82, 2.24) is 4.90 Å². The number of halogens is 1. The third-order valence-electron chi connectivity index (χ3n) is 2.54. The van der Waals surface area contributed by atoms with Gasteiger partial charge in [-0.3, -0.25) is 0 Å². The first-order valence-corrected chi connectivity index (χ1v) is 6.06. The summed E-state index contributed by atoms with van der Waals surface area (Å²) >= 11 is 3.50. The third kappa shape index (κ3) is 3.93. The first-order chi connectivity index (χ1) is 7.15. The smallest absolute Gasteiger partial charge is 0.0342 e. The minimum Gasteiger partial charge on any atom is -0.330 e. The summed E-state index contributed by atoms with van der Waals surface area (Å²) in [7, 11) is 4.23. The van der Waals surface area contributed by atoms with Crippen molar-refractivity contribution in [3.05, 3.63) is 34.3 Å². The van der Waals surface area contributed by atoms with Crippen molar-refractivity contribution in [2.45, 2.75) is 18.9 Å². The van der Waals surface area contributed by atoms with Gasteiger partial charge in [-0.1, -0.05) is 28.1 Å². The molecule has 0 saturated heterocycles. The van der Waals surface area contributed by atoms with Crippen LogP contribution < -0.4 is 5.73 Å². The molecular weight excluding hydrogens is 252 g/mol. The van der Waals surface area contributed by atoms with Crippen LogP contribution in [0.4, 0.5) is 0 Å². The maximum Gasteiger partial charge on any atom is 0.0342 e. The summed E-state index contributed by atoms with van der Waals surface area (Å²) in [6.45, 7) is 0.762. The summed E-state index contributed by atoms with van der Waals surface area (Å²) in [5.74, 6) is 0. The molecule has 0 fully saturated rings. The molecule has 2 N–H and O–H groups in total. The number of nitrogens with zero attached hydrogens (tertiary/aromatic N) is 1. The maximum absolute atomic E-state index is 5.56. The highest BCUT2D eigenvalue weighted by Gasteiger charge is 2.13. The van der Waals surface area contributed by atoms with Crippen molar-refractivity contribution >= 4 is 15.9 Å². The summed E-state index contributed by atoms with van der Waals surface area (Å²) in [4.78, 5) is 2.25. The first-order valence-electron chi connectivity index (χ1n) is 5.27. The summed E-state index contributed by atoms with van der Waals surface area (Å²) in [5, 5.41) is 0. The Kier molecular flexibility index (Phi) is 5.29. The highest BCUT2D eigenvalue weighted by Crippen LogP contribution is 2.25. The predicted octanol–water partition coefficient (Wildman–Crippen LogP) is 2.79. The van der Waals surface area contributed by atoms with E-state index in [4.69, 9.17) is 5.73 Å². The van der Waals surface area contributed by atoms with Gasteiger partial charge >= 0.3 is 0 Å². The Labute approximate surface area is 101 Å². The molecule has 1 aromatic rings. The molecule has 1 aromatic carbocycles. The van der Waals surface area contributed by atoms with E-state index in [1.54, 1.807) is 0 Å². The van der Waals surface area contributed by atoms with Crippen molar-refractivity contribution in [1.29, 1.82) is 0 Å². The van der Waals surface area contributed by atoms with Crippen molar-refractivity contribution in [2.75, 3.05) is 20.6 Å². The van der Waals surface area contributed by atoms with E-state index in [0.29, 0.717) is 6.04 Å². The molecule has 0 bridgehead atoms. The fraction of sp³-hybridized carbons (Fsp3) is 0.500. The van der Waals surface area contributed by atoms with E-state index in [0.717, 1.165) is 23.9 Å². The van der Waals surface area contributed by atoms with Gasteiger partial charge in [-0.15, -0.1) is 0 Å². The SMILES string of the molecule is CN(C)C(CCCN)c1cccc(Br)c1. The van der Waals surface area contributed by atoms with Crippen LogP contribution in [0, 0.1) is 0 Å². The van der Waals surface area contributed by atoms with E-state index in [9.17, 15) is 0 Å². The number of benzene rings is 1. The lowest BCUT2D eigenvalue weighted by molar-refractivity contribution is 0.280. The van der Waals surface area contributed by atoms with E-state index in [2.05, 4.69) is 59.2 Å². The predicted molar refractivity (Wildman–Crippen MR) is 68.9 cm³/mol. The van der Waals surface area contributed by atoms with Crippen molar-refractivity contribution in [3.63, 3.8) is 0 Å². The van der Waals surface area contributed by atoms with Gasteiger partial charge in [0.1, 0.15) is 0 Å². The topological polar surface area (TPSA) is 29.3 Å². The Balaban J connectivity index is 2.79. The molecule has 0 aliphatic heterocycles. The van der Waals surface area contributed by atoms with Gasteiger partial charge in [-0.25, -0.2) is 0 Å². The molecule has 1 atom stereocenters. The maximum atomic E-state index is 5.56. The zero-order valence-corrected chi connectivity index (χ0v) is 11.0. The van der Waals surface area contributed by atoms with Gasteiger partial charge in [0.25, 0.3) is 0 Å². The molecule has 2 nitrogen and oxygen atoms in total.